The first kappa shape index (κ1) is 35.4. The summed E-state index contributed by atoms with van der Waals surface area (Å²) in [6, 6.07) is 71.6. The van der Waals surface area contributed by atoms with Gasteiger partial charge in [0.25, 0.3) is 0 Å². The van der Waals surface area contributed by atoms with Gasteiger partial charge in [0.2, 0.25) is 0 Å². The van der Waals surface area contributed by atoms with Crippen molar-refractivity contribution in [3.63, 3.8) is 0 Å². The zero-order valence-electron chi connectivity index (χ0n) is 31.2. The molecule has 0 saturated heterocycles. The maximum Gasteiger partial charge on any atom is 0.164 e. The molecule has 0 bridgehead atoms. The molecule has 0 unspecified atom stereocenters. The van der Waals surface area contributed by atoms with E-state index in [-0.39, 0.29) is 0 Å². The van der Waals surface area contributed by atoms with Gasteiger partial charge < -0.3 is 0 Å². The van der Waals surface area contributed by atoms with Crippen LogP contribution in [0.1, 0.15) is 16.7 Å². The van der Waals surface area contributed by atoms with Gasteiger partial charge in [0.1, 0.15) is 7.35 Å². The molecule has 10 rings (SSSR count). The molecular weight excluding hydrogens is 822 g/mol. The lowest BCUT2D eigenvalue weighted by atomic mass is 9.90. The minimum atomic E-state index is -0.560. The highest BCUT2D eigenvalue weighted by Crippen LogP contribution is 2.37. The molecule has 0 fully saturated rings. The summed E-state index contributed by atoms with van der Waals surface area (Å²) in [6.45, 7) is 0. The molecule has 0 amide bonds. The van der Waals surface area contributed by atoms with Crippen LogP contribution < -0.4 is 0 Å². The van der Waals surface area contributed by atoms with Crippen LogP contribution in [0.25, 0.3) is 67.2 Å². The second-order valence-electron chi connectivity index (χ2n) is 13.9. The van der Waals surface area contributed by atoms with E-state index in [0.29, 0.717) is 17.5 Å². The fourth-order valence-electron chi connectivity index (χ4n) is 7.11. The molecule has 0 atom stereocenters. The first-order chi connectivity index (χ1) is 28.7. The number of halogens is 1. The maximum atomic E-state index is 5.17. The number of benzene rings is 8. The Kier molecular flexibility index (Phi) is 9.67. The van der Waals surface area contributed by atoms with Gasteiger partial charge in [-0.2, -0.15) is 0 Å². The first-order valence-corrected chi connectivity index (χ1v) is 21.3. The van der Waals surface area contributed by atoms with Crippen molar-refractivity contribution in [2.75, 3.05) is 0 Å². The van der Waals surface area contributed by atoms with Crippen LogP contribution in [-0.2, 0) is 0 Å². The van der Waals surface area contributed by atoms with Crippen molar-refractivity contribution in [1.82, 2.24) is 15.0 Å². The van der Waals surface area contributed by atoms with Crippen LogP contribution >= 0.6 is 20.7 Å². The summed E-state index contributed by atoms with van der Waals surface area (Å²) in [5.41, 5.74) is 10.6. The molecule has 8 aromatic carbocycles. The largest absolute Gasteiger partial charge is 0.222 e. The van der Waals surface area contributed by atoms with Crippen LogP contribution in [0.5, 0.6) is 0 Å². The van der Waals surface area contributed by atoms with Gasteiger partial charge in [0.15, 0.2) is 23.3 Å². The third kappa shape index (κ3) is 7.33. The quantitative estimate of drug-likeness (QED) is 0.143. The Balaban J connectivity index is 1.03. The molecule has 0 N–H and O–H groups in total. The molecule has 1 aliphatic heterocycles. The Morgan fingerprint density at radius 3 is 1.12 bits per heavy atom. The second-order valence-corrected chi connectivity index (χ2v) is 16.5. The average Bonchev–Trinajstić information content (AvgIpc) is 3.32. The average molecular weight is 856 g/mol. The molecule has 0 aliphatic carbocycles. The highest BCUT2D eigenvalue weighted by molar-refractivity contribution is 14.2. The lowest BCUT2D eigenvalue weighted by Gasteiger charge is -2.15. The van der Waals surface area contributed by atoms with Gasteiger partial charge in [-0.15, -0.1) is 0 Å². The van der Waals surface area contributed by atoms with E-state index < -0.39 is 20.7 Å². The van der Waals surface area contributed by atoms with Gasteiger partial charge >= 0.3 is 0 Å². The number of fused-ring (bicyclic) bond motifs is 1. The summed E-state index contributed by atoms with van der Waals surface area (Å²) in [5.74, 6) is 2.66. The second kappa shape index (κ2) is 15.8. The van der Waals surface area contributed by atoms with E-state index in [1.165, 1.54) is 10.8 Å². The van der Waals surface area contributed by atoms with Crippen LogP contribution in [0.15, 0.2) is 216 Å². The van der Waals surface area contributed by atoms with Crippen molar-refractivity contribution in [3.8, 4) is 56.4 Å². The summed E-state index contributed by atoms with van der Waals surface area (Å²) in [5, 5.41) is 2.37. The predicted octanol–water partition coefficient (Wildman–Crippen LogP) is 12.7. The van der Waals surface area contributed by atoms with Crippen molar-refractivity contribution in [1.29, 1.82) is 0 Å². The summed E-state index contributed by atoms with van der Waals surface area (Å²) >= 11 is -0.560. The highest BCUT2D eigenvalue weighted by Gasteiger charge is 2.18. The smallest absolute Gasteiger partial charge is 0.164 e. The maximum absolute atomic E-state index is 5.17. The molecule has 58 heavy (non-hydrogen) atoms. The van der Waals surface area contributed by atoms with Crippen molar-refractivity contribution < 1.29 is 0 Å². The number of aromatic nitrogens is 3. The lowest BCUT2D eigenvalue weighted by Crippen LogP contribution is -2.11. The lowest BCUT2D eigenvalue weighted by molar-refractivity contribution is 1.07. The molecule has 1 aliphatic rings. The topological polar surface area (TPSA) is 63.4 Å². The first-order valence-electron chi connectivity index (χ1n) is 19.1. The fraction of sp³-hybridized carbons (Fsp3) is 0. The zero-order chi connectivity index (χ0) is 38.7. The zero-order valence-corrected chi connectivity index (χ0v) is 33.4. The predicted molar refractivity (Wildman–Crippen MR) is 249 cm³/mol. The molecule has 9 aromatic rings. The Hall–Kier alpha value is -7.03. The summed E-state index contributed by atoms with van der Waals surface area (Å²) in [4.78, 5) is 25.1. The molecule has 2 heterocycles. The Morgan fingerprint density at radius 2 is 0.655 bits per heavy atom. The van der Waals surface area contributed by atoms with Crippen molar-refractivity contribution >= 4 is 44.7 Å². The van der Waals surface area contributed by atoms with Gasteiger partial charge in [-0.05, 0) is 65.9 Å². The minimum Gasteiger partial charge on any atom is -0.222 e. The minimum absolute atomic E-state index is 0.560. The molecule has 274 valence electrons. The third-order valence-corrected chi connectivity index (χ3v) is 12.9. The number of hydrogen-bond acceptors (Lipinski definition) is 5. The summed E-state index contributed by atoms with van der Waals surface area (Å²) < 4.78 is 2.25. The molecule has 5 nitrogen and oxygen atoms in total. The van der Waals surface area contributed by atoms with E-state index in [4.69, 9.17) is 24.9 Å². The molecule has 6 heteroatoms. The summed E-state index contributed by atoms with van der Waals surface area (Å²) in [7, 11) is 0. The molecule has 1 aromatic heterocycles. The molecular formula is C52H34IN5. The summed E-state index contributed by atoms with van der Waals surface area (Å²) in [6.07, 6.45) is 0. The van der Waals surface area contributed by atoms with Gasteiger partial charge in [0.05, 0.1) is 0 Å². The van der Waals surface area contributed by atoms with Crippen molar-refractivity contribution in [3.05, 3.63) is 223 Å². The van der Waals surface area contributed by atoms with Gasteiger partial charge in [-0.3, -0.25) is 0 Å². The Bertz CT molecular complexity index is 2900. The van der Waals surface area contributed by atoms with Crippen LogP contribution in [0.3, 0.4) is 0 Å². The van der Waals surface area contributed by atoms with E-state index in [1.54, 1.807) is 0 Å². The number of hydrogen-bond donors (Lipinski definition) is 0. The van der Waals surface area contributed by atoms with E-state index in [2.05, 4.69) is 146 Å². The Morgan fingerprint density at radius 1 is 0.293 bits per heavy atom. The van der Waals surface area contributed by atoms with Crippen molar-refractivity contribution in [2.24, 2.45) is 9.98 Å². The molecule has 0 spiro atoms. The van der Waals surface area contributed by atoms with E-state index in [0.717, 1.165) is 68.8 Å². The molecule has 0 saturated carbocycles. The van der Waals surface area contributed by atoms with Gasteiger partial charge in [0, 0.05) is 33.4 Å². The highest BCUT2D eigenvalue weighted by atomic mass is 127. The SMILES string of the molecule is c1ccc(C2=NC(c3ccc(-c4cc5ccccc5cc4-c4ccc(-c5nc(-c6ccccc6)nc(-c6ccccc6)n5)cc4)cc3)=NC(c3ccccc3)=I2)cc1. The monoisotopic (exact) mass is 855 g/mol. The fourth-order valence-corrected chi connectivity index (χ4v) is 9.63. The van der Waals surface area contributed by atoms with Crippen LogP contribution in [0.4, 0.5) is 0 Å². The van der Waals surface area contributed by atoms with E-state index >= 15 is 0 Å². The van der Waals surface area contributed by atoms with Crippen LogP contribution in [0.2, 0.25) is 0 Å². The van der Waals surface area contributed by atoms with Gasteiger partial charge in [-0.1, -0.05) is 194 Å². The van der Waals surface area contributed by atoms with E-state index in [1.807, 2.05) is 60.7 Å². The van der Waals surface area contributed by atoms with Gasteiger partial charge in [-0.25, -0.2) is 24.9 Å². The number of aliphatic imine (C=N–C) groups is 2. The standard InChI is InChI=1S/C52H34IN5/c1-5-15-37(16-6-1)47-53-48(38-17-7-2-8-18-38)55-49(54-47)41-29-25-35(26-30-41)45-33-43-23-13-14-24-44(43)34-46(45)36-27-31-42(32-28-36)52-57-50(39-19-9-3-10-20-39)56-51(58-52)40-21-11-4-12-22-40/h1-34H. The van der Waals surface area contributed by atoms with Crippen LogP contribution in [0, 0.1) is 0 Å². The van der Waals surface area contributed by atoms with Crippen molar-refractivity contribution in [2.45, 2.75) is 0 Å². The number of nitrogens with zero attached hydrogens (tertiary/aromatic N) is 5. The Labute approximate surface area is 347 Å². The van der Waals surface area contributed by atoms with E-state index in [9.17, 15) is 0 Å². The normalized spacial score (nSPS) is 12.6. The third-order valence-electron chi connectivity index (χ3n) is 10.1. The molecule has 0 radical (unpaired) electrons. The van der Waals surface area contributed by atoms with Crippen LogP contribution in [-0.4, -0.2) is 28.1 Å². The number of rotatable bonds is 8. The number of amidine groups is 1.